The molecule has 0 fully saturated rings. The van der Waals surface area contributed by atoms with Crippen molar-refractivity contribution in [2.45, 2.75) is 16.6 Å². The minimum Gasteiger partial charge on any atom is -0.118 e. The Morgan fingerprint density at radius 1 is 1.06 bits per heavy atom. The quantitative estimate of drug-likeness (QED) is 0.561. The van der Waals surface area contributed by atoms with E-state index in [4.69, 9.17) is 6.42 Å². The molecule has 0 aliphatic rings. The molecule has 0 N–H and O–H groups in total. The first-order chi connectivity index (χ1) is 8.64. The first-order valence-electron chi connectivity index (χ1n) is 5.62. The molecule has 1 unspecified atom stereocenters. The normalized spacial score (nSPS) is 13.6. The highest BCUT2D eigenvalue weighted by Crippen LogP contribution is 2.40. The van der Waals surface area contributed by atoms with E-state index in [2.05, 4.69) is 53.0 Å². The zero-order valence-electron chi connectivity index (χ0n) is 10.1. The summed E-state index contributed by atoms with van der Waals surface area (Å²) < 4.78 is 0.720. The van der Waals surface area contributed by atoms with Gasteiger partial charge in [-0.15, -0.1) is 18.2 Å². The van der Waals surface area contributed by atoms with Crippen molar-refractivity contribution in [3.8, 4) is 12.3 Å². The Morgan fingerprint density at radius 2 is 1.67 bits per heavy atom. The van der Waals surface area contributed by atoms with E-state index < -0.39 is 0 Å². The lowest BCUT2D eigenvalue weighted by atomic mass is 10.0. The molecule has 90 valence electrons. The fraction of sp³-hybridized carbons (Fsp3) is 0.125. The molecular formula is C16H13BrS. The summed E-state index contributed by atoms with van der Waals surface area (Å²) >= 11 is 5.14. The van der Waals surface area contributed by atoms with E-state index in [-0.39, 0.29) is 4.75 Å². The van der Waals surface area contributed by atoms with Gasteiger partial charge in [-0.25, -0.2) is 0 Å². The second-order valence-corrected chi connectivity index (χ2v) is 6.51. The molecule has 0 bridgehead atoms. The Bertz CT molecular complexity index is 554. The van der Waals surface area contributed by atoms with E-state index in [1.165, 1.54) is 4.90 Å². The van der Waals surface area contributed by atoms with Gasteiger partial charge in [0.1, 0.15) is 4.75 Å². The first-order valence-corrected chi connectivity index (χ1v) is 7.23. The average molecular weight is 317 g/mol. The number of hydrogen-bond donors (Lipinski definition) is 0. The molecule has 0 aliphatic heterocycles. The van der Waals surface area contributed by atoms with Crippen LogP contribution in [0.25, 0.3) is 0 Å². The van der Waals surface area contributed by atoms with E-state index >= 15 is 0 Å². The molecule has 2 aromatic carbocycles. The number of rotatable bonds is 3. The summed E-state index contributed by atoms with van der Waals surface area (Å²) in [4.78, 5) is 1.18. The topological polar surface area (TPSA) is 0 Å². The van der Waals surface area contributed by atoms with E-state index in [0.717, 1.165) is 10.0 Å². The fourth-order valence-corrected chi connectivity index (χ4v) is 3.01. The van der Waals surface area contributed by atoms with Crippen molar-refractivity contribution in [3.05, 3.63) is 64.6 Å². The molecule has 2 rings (SSSR count). The number of terminal acetylenes is 1. The summed E-state index contributed by atoms with van der Waals surface area (Å²) in [7, 11) is 0. The molecule has 0 saturated heterocycles. The van der Waals surface area contributed by atoms with Crippen LogP contribution < -0.4 is 0 Å². The summed E-state index contributed by atoms with van der Waals surface area (Å²) in [6, 6.07) is 18.4. The third-order valence-electron chi connectivity index (χ3n) is 2.74. The molecule has 0 radical (unpaired) electrons. The van der Waals surface area contributed by atoms with Crippen LogP contribution in [-0.2, 0) is 4.75 Å². The second kappa shape index (κ2) is 5.65. The third-order valence-corrected chi connectivity index (χ3v) is 4.53. The van der Waals surface area contributed by atoms with Crippen LogP contribution in [0.2, 0.25) is 0 Å². The maximum Gasteiger partial charge on any atom is 0.103 e. The van der Waals surface area contributed by atoms with Crippen LogP contribution in [0.3, 0.4) is 0 Å². The second-order valence-electron chi connectivity index (χ2n) is 4.10. The third kappa shape index (κ3) is 2.98. The largest absolute Gasteiger partial charge is 0.118 e. The molecule has 0 saturated carbocycles. The minimum absolute atomic E-state index is 0.345. The van der Waals surface area contributed by atoms with Crippen molar-refractivity contribution in [1.29, 1.82) is 0 Å². The van der Waals surface area contributed by atoms with Gasteiger partial charge in [0, 0.05) is 9.37 Å². The lowest BCUT2D eigenvalue weighted by Crippen LogP contribution is -2.14. The van der Waals surface area contributed by atoms with E-state index in [9.17, 15) is 0 Å². The van der Waals surface area contributed by atoms with E-state index in [1.807, 2.05) is 30.3 Å². The maximum atomic E-state index is 5.74. The molecule has 18 heavy (non-hydrogen) atoms. The highest BCUT2D eigenvalue weighted by Gasteiger charge is 2.25. The van der Waals surface area contributed by atoms with Crippen LogP contribution in [0.1, 0.15) is 12.5 Å². The van der Waals surface area contributed by atoms with Crippen molar-refractivity contribution < 1.29 is 0 Å². The molecule has 0 nitrogen and oxygen atoms in total. The molecule has 2 aromatic rings. The first kappa shape index (κ1) is 13.3. The smallest absolute Gasteiger partial charge is 0.103 e. The van der Waals surface area contributed by atoms with Gasteiger partial charge in [0.05, 0.1) is 0 Å². The summed E-state index contributed by atoms with van der Waals surface area (Å²) in [6.45, 7) is 2.08. The van der Waals surface area contributed by atoms with Gasteiger partial charge in [0.2, 0.25) is 0 Å². The van der Waals surface area contributed by atoms with Crippen molar-refractivity contribution >= 4 is 27.7 Å². The van der Waals surface area contributed by atoms with Gasteiger partial charge < -0.3 is 0 Å². The standard InChI is InChI=1S/C16H13BrS/c1-3-16(2,13-9-11-14(17)12-10-13)18-15-7-5-4-6-8-15/h1,4-12H,2H3. The number of benzene rings is 2. The summed E-state index contributed by atoms with van der Waals surface area (Å²) in [6.07, 6.45) is 5.74. The maximum absolute atomic E-state index is 5.74. The Morgan fingerprint density at radius 3 is 2.22 bits per heavy atom. The predicted octanol–water partition coefficient (Wildman–Crippen LogP) is 5.09. The Kier molecular flexibility index (Phi) is 4.16. The number of hydrogen-bond acceptors (Lipinski definition) is 1. The lowest BCUT2D eigenvalue weighted by molar-refractivity contribution is 0.914. The van der Waals surface area contributed by atoms with Crippen molar-refractivity contribution in [3.63, 3.8) is 0 Å². The molecule has 2 heteroatoms. The molecular weight excluding hydrogens is 304 g/mol. The summed E-state index contributed by atoms with van der Waals surface area (Å²) in [5, 5.41) is 0. The van der Waals surface area contributed by atoms with Gasteiger partial charge in [0.15, 0.2) is 0 Å². The molecule has 0 aromatic heterocycles. The number of thioether (sulfide) groups is 1. The van der Waals surface area contributed by atoms with Crippen LogP contribution in [0.4, 0.5) is 0 Å². The van der Waals surface area contributed by atoms with Gasteiger partial charge in [0.25, 0.3) is 0 Å². The van der Waals surface area contributed by atoms with Crippen LogP contribution >= 0.6 is 27.7 Å². The molecule has 0 aliphatic carbocycles. The minimum atomic E-state index is -0.345. The van der Waals surface area contributed by atoms with Crippen molar-refractivity contribution in [2.24, 2.45) is 0 Å². The van der Waals surface area contributed by atoms with Crippen molar-refractivity contribution in [2.75, 3.05) is 0 Å². The Labute approximate surface area is 121 Å². The van der Waals surface area contributed by atoms with Gasteiger partial charge >= 0.3 is 0 Å². The summed E-state index contributed by atoms with van der Waals surface area (Å²) in [5.41, 5.74) is 1.14. The highest BCUT2D eigenvalue weighted by atomic mass is 79.9. The van der Waals surface area contributed by atoms with Crippen LogP contribution in [0.15, 0.2) is 64.0 Å². The zero-order chi connectivity index (χ0) is 13.0. The fourth-order valence-electron chi connectivity index (χ4n) is 1.66. The van der Waals surface area contributed by atoms with Crippen LogP contribution in [-0.4, -0.2) is 0 Å². The average Bonchev–Trinajstić information content (AvgIpc) is 2.40. The summed E-state index contributed by atoms with van der Waals surface area (Å²) in [5.74, 6) is 2.91. The zero-order valence-corrected chi connectivity index (χ0v) is 12.5. The monoisotopic (exact) mass is 316 g/mol. The molecule has 0 heterocycles. The van der Waals surface area contributed by atoms with Gasteiger partial charge in [-0.05, 0) is 36.8 Å². The highest BCUT2D eigenvalue weighted by molar-refractivity contribution is 9.10. The predicted molar refractivity (Wildman–Crippen MR) is 82.6 cm³/mol. The molecule has 0 amide bonds. The van der Waals surface area contributed by atoms with Gasteiger partial charge in [-0.3, -0.25) is 0 Å². The van der Waals surface area contributed by atoms with Crippen molar-refractivity contribution in [1.82, 2.24) is 0 Å². The number of halogens is 1. The molecule has 0 spiro atoms. The SMILES string of the molecule is C#CC(C)(Sc1ccccc1)c1ccc(Br)cc1. The van der Waals surface area contributed by atoms with Crippen LogP contribution in [0.5, 0.6) is 0 Å². The molecule has 1 atom stereocenters. The Hall–Kier alpha value is -1.17. The Balaban J connectivity index is 2.32. The van der Waals surface area contributed by atoms with Gasteiger partial charge in [-0.2, -0.15) is 0 Å². The van der Waals surface area contributed by atoms with Gasteiger partial charge in [-0.1, -0.05) is 52.2 Å². The lowest BCUT2D eigenvalue weighted by Gasteiger charge is -2.23. The van der Waals surface area contributed by atoms with E-state index in [1.54, 1.807) is 11.8 Å². The van der Waals surface area contributed by atoms with E-state index in [0.29, 0.717) is 0 Å². The van der Waals surface area contributed by atoms with Crippen LogP contribution in [0, 0.1) is 12.3 Å².